The van der Waals surface area contributed by atoms with E-state index in [1.165, 1.54) is 36.3 Å². The second kappa shape index (κ2) is 20.7. The Hall–Kier alpha value is -7.78. The zero-order chi connectivity index (χ0) is 47.3. The number of thiazole rings is 1. The van der Waals surface area contributed by atoms with Gasteiger partial charge in [0.25, 0.3) is 0 Å². The van der Waals surface area contributed by atoms with Crippen molar-refractivity contribution in [3.8, 4) is 33.5 Å². The molecule has 2 N–H and O–H groups in total. The van der Waals surface area contributed by atoms with Crippen molar-refractivity contribution in [2.45, 2.75) is 0 Å². The molecule has 0 aliphatic heterocycles. The molecule has 9 heteroatoms. The fourth-order valence-electron chi connectivity index (χ4n) is 9.98. The fourth-order valence-corrected chi connectivity index (χ4v) is 20.5. The van der Waals surface area contributed by atoms with Crippen LogP contribution < -0.4 is 41.5 Å². The molecule has 2 heterocycles. The third-order valence-corrected chi connectivity index (χ3v) is 23.8. The predicted molar refractivity (Wildman–Crippen MR) is 295 cm³/mol. The minimum absolute atomic E-state index is 0. The number of hydrogen-bond acceptors (Lipinski definition) is 6. The molecular weight excluding hydrogens is 974 g/mol. The van der Waals surface area contributed by atoms with Gasteiger partial charge in [0.15, 0.2) is 21.7 Å². The summed E-state index contributed by atoms with van der Waals surface area (Å²) < 4.78 is 7.18. The first kappa shape index (κ1) is 46.9. The molecule has 12 aromatic rings. The molecule has 0 aliphatic carbocycles. The Bertz CT molecular complexity index is 3190. The van der Waals surface area contributed by atoms with Gasteiger partial charge in [-0.25, -0.2) is 9.97 Å². The van der Waals surface area contributed by atoms with E-state index >= 15 is 0 Å². The van der Waals surface area contributed by atoms with E-state index in [0.717, 1.165) is 31.5 Å². The summed E-state index contributed by atoms with van der Waals surface area (Å²) >= 11 is 1.62. The van der Waals surface area contributed by atoms with Crippen molar-refractivity contribution >= 4 is 90.3 Å². The van der Waals surface area contributed by atoms with Gasteiger partial charge in [-0.3, -0.25) is 0 Å². The Kier molecular flexibility index (Phi) is 13.7. The van der Waals surface area contributed by atoms with Crippen LogP contribution in [0.1, 0.15) is 0 Å². The van der Waals surface area contributed by atoms with Crippen molar-refractivity contribution in [3.05, 3.63) is 267 Å². The first-order valence-corrected chi connectivity index (χ1v) is 28.1. The van der Waals surface area contributed by atoms with Crippen molar-refractivity contribution in [3.63, 3.8) is 0 Å². The summed E-state index contributed by atoms with van der Waals surface area (Å²) in [5.41, 5.74) is 3.80. The van der Waals surface area contributed by atoms with Gasteiger partial charge in [-0.1, -0.05) is 218 Å². The van der Waals surface area contributed by atoms with Crippen molar-refractivity contribution < 1.29 is 34.1 Å². The van der Waals surface area contributed by atoms with Crippen molar-refractivity contribution in [2.24, 2.45) is 0 Å². The van der Waals surface area contributed by atoms with Crippen molar-refractivity contribution in [1.82, 2.24) is 9.97 Å². The monoisotopic (exact) mass is 1020 g/mol. The van der Waals surface area contributed by atoms with E-state index < -0.39 is 16.1 Å². The van der Waals surface area contributed by atoms with Gasteiger partial charge >= 0.3 is 0 Å². The molecule has 338 valence electrons. The van der Waals surface area contributed by atoms with Crippen LogP contribution in [0.3, 0.4) is 0 Å². The average Bonchev–Trinajstić information content (AvgIpc) is 4.07. The first-order chi connectivity index (χ1) is 34.5. The van der Waals surface area contributed by atoms with Gasteiger partial charge < -0.3 is 14.6 Å². The SMILES string of the molecule is Oc1ccc([Si](c2ccccc2)(c2ccccc2)c2ccccc2)cc1-c1nc2ccccc2o1.Oc1ccc([Si](c2ccccc2)(c2ccccc2)c2ccccc2)cc1-c1nc2ccccc2s1.[Zn]. The molecule has 0 saturated carbocycles. The Labute approximate surface area is 431 Å². The van der Waals surface area contributed by atoms with Crippen LogP contribution >= 0.6 is 11.3 Å². The molecule has 10 aromatic carbocycles. The van der Waals surface area contributed by atoms with Crippen LogP contribution in [0.15, 0.2) is 271 Å². The largest absolute Gasteiger partial charge is 0.507 e. The quantitative estimate of drug-likeness (QED) is 0.106. The van der Waals surface area contributed by atoms with E-state index in [1.807, 2.05) is 48.5 Å². The van der Waals surface area contributed by atoms with Gasteiger partial charge in [0.1, 0.15) is 22.0 Å². The maximum atomic E-state index is 11.0. The van der Waals surface area contributed by atoms with Gasteiger partial charge in [-0.15, -0.1) is 11.3 Å². The topological polar surface area (TPSA) is 79.4 Å². The maximum Gasteiger partial charge on any atom is 0.231 e. The Balaban J connectivity index is 0.000000162. The van der Waals surface area contributed by atoms with Crippen LogP contribution in [0.25, 0.3) is 43.3 Å². The van der Waals surface area contributed by atoms with Crippen LogP contribution in [0.2, 0.25) is 0 Å². The molecule has 0 unspecified atom stereocenters. The average molecular weight is 1020 g/mol. The van der Waals surface area contributed by atoms with E-state index in [2.05, 4.69) is 217 Å². The van der Waals surface area contributed by atoms with Gasteiger partial charge in [-0.05, 0) is 90.0 Å². The zero-order valence-electron chi connectivity index (χ0n) is 38.7. The summed E-state index contributed by atoms with van der Waals surface area (Å²) in [6.45, 7) is 0. The minimum Gasteiger partial charge on any atom is -0.507 e. The van der Waals surface area contributed by atoms with E-state index in [9.17, 15) is 10.2 Å². The van der Waals surface area contributed by atoms with Crippen LogP contribution in [0, 0.1) is 0 Å². The number of phenolic OH excluding ortho intramolecular Hbond substituents is 2. The minimum atomic E-state index is -2.71. The predicted octanol–water partition coefficient (Wildman–Crippen LogP) is 9.62. The number of rotatable bonds is 10. The second-order valence-electron chi connectivity index (χ2n) is 17.1. The Morgan fingerprint density at radius 2 is 0.690 bits per heavy atom. The van der Waals surface area contributed by atoms with E-state index in [1.54, 1.807) is 17.4 Å². The standard InChI is InChI=1S/C31H23NO2Si.C31H23NOSSi.Zn/c2*33-29-21-20-26(22-27(29)31-32-28-18-10-11-19-30(28)34-31)35(23-12-4-1-5-13-23,24-14-6-2-7-15-24)25-16-8-3-9-17-25;/h2*1-22,33H;. The summed E-state index contributed by atoms with van der Waals surface area (Å²) in [5, 5.41) is 32.8. The Morgan fingerprint density at radius 1 is 0.338 bits per heavy atom. The Morgan fingerprint density at radius 3 is 1.10 bits per heavy atom. The number of phenols is 2. The number of fused-ring (bicyclic) bond motifs is 2. The number of para-hydroxylation sites is 3. The van der Waals surface area contributed by atoms with E-state index in [4.69, 9.17) is 9.40 Å². The number of oxazole rings is 1. The molecule has 5 nitrogen and oxygen atoms in total. The summed E-state index contributed by atoms with van der Waals surface area (Å²) in [7, 11) is -5.37. The number of hydrogen-bond donors (Lipinski definition) is 2. The number of aromatic nitrogens is 2. The summed E-state index contributed by atoms with van der Waals surface area (Å²) in [6, 6.07) is 92.3. The molecule has 2 aromatic heterocycles. The maximum absolute atomic E-state index is 11.0. The fraction of sp³-hybridized carbons (Fsp3) is 0. The van der Waals surface area contributed by atoms with Gasteiger partial charge in [0.05, 0.1) is 21.3 Å². The molecule has 0 spiro atoms. The molecule has 0 amide bonds. The van der Waals surface area contributed by atoms with Crippen LogP contribution in [-0.2, 0) is 19.5 Å². The van der Waals surface area contributed by atoms with Gasteiger partial charge in [0, 0.05) is 19.5 Å². The normalized spacial score (nSPS) is 11.4. The van der Waals surface area contributed by atoms with Gasteiger partial charge in [0.2, 0.25) is 5.89 Å². The zero-order valence-corrected chi connectivity index (χ0v) is 44.5. The number of benzene rings is 10. The molecule has 71 heavy (non-hydrogen) atoms. The number of aromatic hydroxyl groups is 2. The summed E-state index contributed by atoms with van der Waals surface area (Å²) in [4.78, 5) is 9.53. The first-order valence-electron chi connectivity index (χ1n) is 23.3. The molecule has 0 radical (unpaired) electrons. The smallest absolute Gasteiger partial charge is 0.231 e. The van der Waals surface area contributed by atoms with Crippen molar-refractivity contribution in [2.75, 3.05) is 0 Å². The molecule has 12 rings (SSSR count). The van der Waals surface area contributed by atoms with Crippen LogP contribution in [0.4, 0.5) is 0 Å². The third kappa shape index (κ3) is 8.79. The van der Waals surface area contributed by atoms with Crippen LogP contribution in [-0.4, -0.2) is 36.3 Å². The van der Waals surface area contributed by atoms with E-state index in [-0.39, 0.29) is 31.0 Å². The molecule has 0 atom stereocenters. The van der Waals surface area contributed by atoms with Crippen molar-refractivity contribution in [1.29, 1.82) is 0 Å². The van der Waals surface area contributed by atoms with E-state index in [0.29, 0.717) is 17.0 Å². The molecule has 0 saturated heterocycles. The van der Waals surface area contributed by atoms with Gasteiger partial charge in [-0.2, -0.15) is 0 Å². The summed E-state index contributed by atoms with van der Waals surface area (Å²) in [6.07, 6.45) is 0. The molecule has 0 fully saturated rings. The molecule has 0 bridgehead atoms. The molecule has 0 aliphatic rings. The second-order valence-corrected chi connectivity index (χ2v) is 25.8. The van der Waals surface area contributed by atoms with Crippen LogP contribution in [0.5, 0.6) is 11.5 Å². The summed E-state index contributed by atoms with van der Waals surface area (Å²) in [5.74, 6) is 0.824. The molecular formula is C62H46N2O3SSi2Zn. The number of nitrogens with zero attached hydrogens (tertiary/aromatic N) is 2. The third-order valence-electron chi connectivity index (χ3n) is 13.1.